The topological polar surface area (TPSA) is 40.2 Å². The summed E-state index contributed by atoms with van der Waals surface area (Å²) in [5.74, 6) is 0. The molecule has 0 amide bonds. The van der Waals surface area contributed by atoms with E-state index < -0.39 is 5.67 Å². The number of rotatable bonds is 8. The summed E-state index contributed by atoms with van der Waals surface area (Å²) in [5.41, 5.74) is 4.64. The summed E-state index contributed by atoms with van der Waals surface area (Å²) in [4.78, 5) is 7.48. The van der Waals surface area contributed by atoms with E-state index in [0.717, 1.165) is 51.9 Å². The van der Waals surface area contributed by atoms with Gasteiger partial charge >= 0.3 is 0 Å². The predicted molar refractivity (Wildman–Crippen MR) is 141 cm³/mol. The second-order valence-corrected chi connectivity index (χ2v) is 11.0. The van der Waals surface area contributed by atoms with Crippen LogP contribution in [0.5, 0.6) is 0 Å². The van der Waals surface area contributed by atoms with E-state index >= 15 is 0 Å². The number of benzene rings is 1. The molecular formula is C30H41FN4. The first-order chi connectivity index (χ1) is 17.1. The van der Waals surface area contributed by atoms with Gasteiger partial charge in [0.1, 0.15) is 5.67 Å². The van der Waals surface area contributed by atoms with E-state index in [1.165, 1.54) is 35.2 Å². The van der Waals surface area contributed by atoms with Crippen LogP contribution in [0, 0.1) is 0 Å². The van der Waals surface area contributed by atoms with Crippen LogP contribution in [0.25, 0.3) is 0 Å². The second-order valence-electron chi connectivity index (χ2n) is 11.0. The molecule has 2 heterocycles. The lowest BCUT2D eigenvalue weighted by atomic mass is 9.85. The first kappa shape index (κ1) is 24.6. The third-order valence-corrected chi connectivity index (χ3v) is 8.29. The minimum absolute atomic E-state index is 0.372. The molecule has 188 valence electrons. The van der Waals surface area contributed by atoms with Crippen molar-refractivity contribution in [3.63, 3.8) is 0 Å². The van der Waals surface area contributed by atoms with E-state index in [1.54, 1.807) is 6.92 Å². The fraction of sp³-hybridized carbons (Fsp3) is 0.567. The van der Waals surface area contributed by atoms with Gasteiger partial charge in [-0.25, -0.2) is 4.39 Å². The zero-order valence-electron chi connectivity index (χ0n) is 21.2. The van der Waals surface area contributed by atoms with Crippen LogP contribution in [0.3, 0.4) is 0 Å². The Morgan fingerprint density at radius 1 is 1.09 bits per heavy atom. The maximum Gasteiger partial charge on any atom is 0.108 e. The summed E-state index contributed by atoms with van der Waals surface area (Å²) in [6.07, 6.45) is 14.4. The summed E-state index contributed by atoms with van der Waals surface area (Å²) in [7, 11) is 0. The van der Waals surface area contributed by atoms with Gasteiger partial charge in [-0.3, -0.25) is 9.88 Å². The highest BCUT2D eigenvalue weighted by Gasteiger charge is 2.31. The third kappa shape index (κ3) is 6.38. The van der Waals surface area contributed by atoms with Crippen molar-refractivity contribution in [3.05, 3.63) is 77.1 Å². The standard InChI is InChI=1S/C30H41FN4/c1-30(31)15-13-26(14-16-30)32-17-4-5-19-35(28-12-6-10-23-11-7-18-33-29(23)28)22-27-20-24-8-2-3-9-25(24)21-34-27/h2-5,7-9,11,18,26-28,32,34H,6,10,12-17,19-22H2,1H3/b5-4+/t26?,27-,28+,30?/m1/s1. The van der Waals surface area contributed by atoms with E-state index in [0.29, 0.717) is 31.0 Å². The smallest absolute Gasteiger partial charge is 0.108 e. The molecule has 2 aromatic rings. The molecular weight excluding hydrogens is 435 g/mol. The third-order valence-electron chi connectivity index (χ3n) is 8.29. The maximum absolute atomic E-state index is 14.1. The van der Waals surface area contributed by atoms with Crippen LogP contribution >= 0.6 is 0 Å². The summed E-state index contributed by atoms with van der Waals surface area (Å²) in [5, 5.41) is 7.41. The number of hydrogen-bond acceptors (Lipinski definition) is 4. The van der Waals surface area contributed by atoms with Crippen LogP contribution in [0.1, 0.15) is 73.9 Å². The molecule has 2 N–H and O–H groups in total. The van der Waals surface area contributed by atoms with Gasteiger partial charge in [-0.15, -0.1) is 0 Å². The Morgan fingerprint density at radius 3 is 2.74 bits per heavy atom. The van der Waals surface area contributed by atoms with Crippen LogP contribution in [0.15, 0.2) is 54.7 Å². The average Bonchev–Trinajstić information content (AvgIpc) is 2.88. The number of aryl methyl sites for hydroxylation is 1. The van der Waals surface area contributed by atoms with Crippen LogP contribution in [0.4, 0.5) is 4.39 Å². The molecule has 35 heavy (non-hydrogen) atoms. The molecule has 0 bridgehead atoms. The summed E-state index contributed by atoms with van der Waals surface area (Å²) >= 11 is 0. The minimum atomic E-state index is -0.966. The fourth-order valence-electron chi connectivity index (χ4n) is 6.15. The SMILES string of the molecule is CC1(F)CCC(NC/C=C/CN(C[C@H]2Cc3ccccc3CN2)[C@H]2CCCc3cccnc32)CC1. The van der Waals surface area contributed by atoms with E-state index in [4.69, 9.17) is 4.98 Å². The summed E-state index contributed by atoms with van der Waals surface area (Å²) < 4.78 is 14.1. The molecule has 0 radical (unpaired) electrons. The van der Waals surface area contributed by atoms with Crippen molar-refractivity contribution in [2.24, 2.45) is 0 Å². The zero-order chi connectivity index (χ0) is 24.1. The van der Waals surface area contributed by atoms with E-state index in [2.05, 4.69) is 64.1 Å². The van der Waals surface area contributed by atoms with Crippen LogP contribution < -0.4 is 10.6 Å². The number of aromatic nitrogens is 1. The molecule has 0 unspecified atom stereocenters. The highest BCUT2D eigenvalue weighted by atomic mass is 19.1. The van der Waals surface area contributed by atoms with Gasteiger partial charge in [-0.1, -0.05) is 42.5 Å². The molecule has 1 aromatic carbocycles. The van der Waals surface area contributed by atoms with E-state index in [-0.39, 0.29) is 0 Å². The largest absolute Gasteiger partial charge is 0.311 e. The number of nitrogens with one attached hydrogen (secondary N) is 2. The Hall–Kier alpha value is -2.08. The first-order valence-corrected chi connectivity index (χ1v) is 13.6. The van der Waals surface area contributed by atoms with Gasteiger partial charge in [0.2, 0.25) is 0 Å². The van der Waals surface area contributed by atoms with Crippen molar-refractivity contribution in [1.82, 2.24) is 20.5 Å². The van der Waals surface area contributed by atoms with Gasteiger partial charge < -0.3 is 10.6 Å². The van der Waals surface area contributed by atoms with Crippen molar-refractivity contribution in [1.29, 1.82) is 0 Å². The lowest BCUT2D eigenvalue weighted by Gasteiger charge is -2.38. The number of halogens is 1. The Bertz CT molecular complexity index is 993. The molecule has 1 saturated carbocycles. The van der Waals surface area contributed by atoms with Crippen molar-refractivity contribution in [3.8, 4) is 0 Å². The Balaban J connectivity index is 1.22. The molecule has 2 aliphatic carbocycles. The van der Waals surface area contributed by atoms with Gasteiger partial charge in [0, 0.05) is 44.5 Å². The lowest BCUT2D eigenvalue weighted by molar-refractivity contribution is 0.114. The number of nitrogens with zero attached hydrogens (tertiary/aromatic N) is 2. The minimum Gasteiger partial charge on any atom is -0.311 e. The van der Waals surface area contributed by atoms with E-state index in [1.807, 2.05) is 6.20 Å². The first-order valence-electron chi connectivity index (χ1n) is 13.6. The van der Waals surface area contributed by atoms with Gasteiger partial charge in [0.25, 0.3) is 0 Å². The predicted octanol–water partition coefficient (Wildman–Crippen LogP) is 5.29. The molecule has 4 nitrogen and oxygen atoms in total. The van der Waals surface area contributed by atoms with Crippen LogP contribution in [0.2, 0.25) is 0 Å². The van der Waals surface area contributed by atoms with Crippen LogP contribution in [-0.4, -0.2) is 47.3 Å². The highest BCUT2D eigenvalue weighted by molar-refractivity contribution is 5.30. The number of alkyl halides is 1. The lowest BCUT2D eigenvalue weighted by Crippen LogP contribution is -2.46. The Morgan fingerprint density at radius 2 is 1.89 bits per heavy atom. The Kier molecular flexibility index (Phi) is 7.96. The average molecular weight is 477 g/mol. The highest BCUT2D eigenvalue weighted by Crippen LogP contribution is 2.33. The van der Waals surface area contributed by atoms with Crippen LogP contribution in [-0.2, 0) is 19.4 Å². The van der Waals surface area contributed by atoms with E-state index in [9.17, 15) is 4.39 Å². The number of fused-ring (bicyclic) bond motifs is 2. The van der Waals surface area contributed by atoms with Gasteiger partial charge in [-0.05, 0) is 81.0 Å². The second kappa shape index (κ2) is 11.3. The maximum atomic E-state index is 14.1. The quantitative estimate of drug-likeness (QED) is 0.508. The van der Waals surface area contributed by atoms with Crippen molar-refractivity contribution >= 4 is 0 Å². The molecule has 0 saturated heterocycles. The molecule has 2 atom stereocenters. The van der Waals surface area contributed by atoms with Crippen molar-refractivity contribution < 1.29 is 4.39 Å². The normalized spacial score (nSPS) is 28.7. The van der Waals surface area contributed by atoms with Gasteiger partial charge in [-0.2, -0.15) is 0 Å². The number of hydrogen-bond donors (Lipinski definition) is 2. The fourth-order valence-corrected chi connectivity index (χ4v) is 6.15. The zero-order valence-corrected chi connectivity index (χ0v) is 21.2. The monoisotopic (exact) mass is 476 g/mol. The van der Waals surface area contributed by atoms with Gasteiger partial charge in [0.15, 0.2) is 0 Å². The molecule has 1 fully saturated rings. The molecule has 1 aromatic heterocycles. The van der Waals surface area contributed by atoms with Crippen molar-refractivity contribution in [2.75, 3.05) is 19.6 Å². The van der Waals surface area contributed by atoms with Crippen molar-refractivity contribution in [2.45, 2.75) is 88.6 Å². The molecule has 1 aliphatic heterocycles. The Labute approximate surface area is 210 Å². The number of pyridine rings is 1. The molecule has 5 rings (SSSR count). The molecule has 5 heteroatoms. The molecule has 3 aliphatic rings. The molecule has 0 spiro atoms. The summed E-state index contributed by atoms with van der Waals surface area (Å²) in [6.45, 7) is 5.50. The summed E-state index contributed by atoms with van der Waals surface area (Å²) in [6, 6.07) is 14.4. The van der Waals surface area contributed by atoms with Gasteiger partial charge in [0.05, 0.1) is 11.7 Å².